The van der Waals surface area contributed by atoms with Gasteiger partial charge in [-0.25, -0.2) is 0 Å². The topological polar surface area (TPSA) is 76.5 Å². The van der Waals surface area contributed by atoms with Crippen molar-refractivity contribution in [1.29, 1.82) is 0 Å². The molecular weight excluding hydrogens is 254 g/mol. The lowest BCUT2D eigenvalue weighted by atomic mass is 10.4. The van der Waals surface area contributed by atoms with Gasteiger partial charge in [-0.05, 0) is 18.8 Å². The average Bonchev–Trinajstić information content (AvgIpc) is 3.04. The van der Waals surface area contributed by atoms with E-state index in [1.807, 2.05) is 0 Å². The number of aromatic nitrogens is 2. The predicted molar refractivity (Wildman–Crippen MR) is 67.8 cm³/mol. The highest BCUT2D eigenvalue weighted by molar-refractivity contribution is 6.99. The Kier molecular flexibility index (Phi) is 5.79. The molecule has 2 rings (SSSR count). The van der Waals surface area contributed by atoms with Gasteiger partial charge in [0.15, 0.2) is 0 Å². The Balaban J connectivity index is 1.40. The van der Waals surface area contributed by atoms with E-state index in [1.54, 1.807) is 0 Å². The Morgan fingerprint density at radius 1 is 1.56 bits per heavy atom. The first-order valence-electron chi connectivity index (χ1n) is 6.21. The lowest BCUT2D eigenvalue weighted by Gasteiger charge is -2.11. The summed E-state index contributed by atoms with van der Waals surface area (Å²) in [5, 5.41) is 12.8. The van der Waals surface area contributed by atoms with Gasteiger partial charge < -0.3 is 19.9 Å². The van der Waals surface area contributed by atoms with Crippen molar-refractivity contribution in [2.75, 3.05) is 32.9 Å². The van der Waals surface area contributed by atoms with Crippen LogP contribution in [0.1, 0.15) is 12.8 Å². The smallest absolute Gasteiger partial charge is 0.245 e. The lowest BCUT2D eigenvalue weighted by Crippen LogP contribution is -2.33. The first kappa shape index (κ1) is 13.7. The van der Waals surface area contributed by atoms with Gasteiger partial charge in [0.25, 0.3) is 0 Å². The molecule has 1 aliphatic rings. The van der Waals surface area contributed by atoms with Crippen molar-refractivity contribution in [2.45, 2.75) is 18.9 Å². The van der Waals surface area contributed by atoms with E-state index in [-0.39, 0.29) is 6.61 Å². The number of nitrogens with zero attached hydrogens (tertiary/aromatic N) is 2. The molecule has 7 heteroatoms. The summed E-state index contributed by atoms with van der Waals surface area (Å²) in [7, 11) is 0. The third kappa shape index (κ3) is 5.72. The highest BCUT2D eigenvalue weighted by Gasteiger charge is 2.20. The summed E-state index contributed by atoms with van der Waals surface area (Å²) < 4.78 is 18.4. The summed E-state index contributed by atoms with van der Waals surface area (Å²) in [6, 6.07) is 0. The zero-order chi connectivity index (χ0) is 12.6. The van der Waals surface area contributed by atoms with Crippen LogP contribution in [0.2, 0.25) is 0 Å². The number of aliphatic hydroxyl groups is 1. The molecule has 0 bridgehead atoms. The van der Waals surface area contributed by atoms with Crippen LogP contribution < -0.4 is 10.1 Å². The van der Waals surface area contributed by atoms with Crippen molar-refractivity contribution < 1.29 is 14.6 Å². The van der Waals surface area contributed by atoms with Crippen LogP contribution in [0, 0.1) is 5.92 Å². The molecule has 1 saturated carbocycles. The van der Waals surface area contributed by atoms with Gasteiger partial charge >= 0.3 is 0 Å². The van der Waals surface area contributed by atoms with Crippen molar-refractivity contribution in [3.05, 3.63) is 6.20 Å². The van der Waals surface area contributed by atoms with Crippen molar-refractivity contribution in [1.82, 2.24) is 14.1 Å². The van der Waals surface area contributed by atoms with Crippen molar-refractivity contribution in [2.24, 2.45) is 5.92 Å². The van der Waals surface area contributed by atoms with Gasteiger partial charge in [0.1, 0.15) is 18.9 Å². The van der Waals surface area contributed by atoms with E-state index < -0.39 is 6.10 Å². The Morgan fingerprint density at radius 3 is 3.17 bits per heavy atom. The van der Waals surface area contributed by atoms with Crippen LogP contribution in [0.25, 0.3) is 0 Å². The van der Waals surface area contributed by atoms with Gasteiger partial charge in [0.2, 0.25) is 5.88 Å². The molecule has 1 heterocycles. The molecule has 1 aromatic heterocycles. The number of ether oxygens (including phenoxy) is 2. The summed E-state index contributed by atoms with van der Waals surface area (Å²) in [5.74, 6) is 1.27. The van der Waals surface area contributed by atoms with E-state index >= 15 is 0 Å². The van der Waals surface area contributed by atoms with Crippen molar-refractivity contribution >= 4 is 11.7 Å². The molecule has 0 spiro atoms. The first-order valence-corrected chi connectivity index (χ1v) is 6.94. The summed E-state index contributed by atoms with van der Waals surface area (Å²) in [5.41, 5.74) is 0. The fourth-order valence-electron chi connectivity index (χ4n) is 1.41. The molecule has 1 aromatic rings. The molecular formula is C11H19N3O3S. The van der Waals surface area contributed by atoms with Gasteiger partial charge in [0.05, 0.1) is 18.3 Å². The molecule has 1 fully saturated rings. The Morgan fingerprint density at radius 2 is 2.44 bits per heavy atom. The van der Waals surface area contributed by atoms with Crippen LogP contribution in [0.3, 0.4) is 0 Å². The number of hydrogen-bond donors (Lipinski definition) is 2. The number of hydrogen-bond acceptors (Lipinski definition) is 7. The van der Waals surface area contributed by atoms with Gasteiger partial charge in [-0.15, -0.1) is 4.37 Å². The maximum atomic E-state index is 9.63. The van der Waals surface area contributed by atoms with Crippen LogP contribution in [0.15, 0.2) is 6.20 Å². The van der Waals surface area contributed by atoms with Gasteiger partial charge in [-0.2, -0.15) is 4.37 Å². The summed E-state index contributed by atoms with van der Waals surface area (Å²) >= 11 is 1.09. The van der Waals surface area contributed by atoms with Gasteiger partial charge in [-0.3, -0.25) is 0 Å². The molecule has 0 saturated heterocycles. The molecule has 0 aliphatic heterocycles. The zero-order valence-electron chi connectivity index (χ0n) is 10.2. The fourth-order valence-corrected chi connectivity index (χ4v) is 1.77. The Hall–Kier alpha value is -0.760. The van der Waals surface area contributed by atoms with E-state index in [0.29, 0.717) is 19.0 Å². The highest BCUT2D eigenvalue weighted by Crippen LogP contribution is 2.28. The molecule has 2 N–H and O–H groups in total. The fraction of sp³-hybridized carbons (Fsp3) is 0.818. The van der Waals surface area contributed by atoms with Crippen LogP contribution >= 0.6 is 11.7 Å². The third-order valence-corrected chi connectivity index (χ3v) is 3.08. The quantitative estimate of drug-likeness (QED) is 0.597. The lowest BCUT2D eigenvalue weighted by molar-refractivity contribution is 0.0953. The summed E-state index contributed by atoms with van der Waals surface area (Å²) in [6.45, 7) is 3.04. The molecule has 1 atom stereocenters. The largest absolute Gasteiger partial charge is 0.473 e. The normalized spacial score (nSPS) is 16.7. The molecule has 0 amide bonds. The van der Waals surface area contributed by atoms with Gasteiger partial charge in [-0.1, -0.05) is 0 Å². The van der Waals surface area contributed by atoms with E-state index in [9.17, 15) is 5.11 Å². The third-order valence-electron chi connectivity index (χ3n) is 2.62. The van der Waals surface area contributed by atoms with E-state index in [2.05, 4.69) is 14.1 Å². The zero-order valence-corrected chi connectivity index (χ0v) is 11.1. The van der Waals surface area contributed by atoms with Crippen molar-refractivity contribution in [3.8, 4) is 5.88 Å². The number of aliphatic hydroxyl groups excluding tert-OH is 1. The van der Waals surface area contributed by atoms with Crippen LogP contribution in [-0.2, 0) is 4.74 Å². The average molecular weight is 273 g/mol. The monoisotopic (exact) mass is 273 g/mol. The number of rotatable bonds is 10. The predicted octanol–water partition coefficient (Wildman–Crippen LogP) is 0.294. The minimum absolute atomic E-state index is 0.224. The maximum Gasteiger partial charge on any atom is 0.245 e. The van der Waals surface area contributed by atoms with E-state index in [4.69, 9.17) is 9.47 Å². The minimum Gasteiger partial charge on any atom is -0.473 e. The summed E-state index contributed by atoms with van der Waals surface area (Å²) in [6.07, 6.45) is 3.62. The number of nitrogens with one attached hydrogen (secondary N) is 1. The molecule has 18 heavy (non-hydrogen) atoms. The Labute approximate surface area is 111 Å². The van der Waals surface area contributed by atoms with Crippen LogP contribution in [0.5, 0.6) is 5.88 Å². The minimum atomic E-state index is -0.546. The Bertz CT molecular complexity index is 319. The van der Waals surface area contributed by atoms with E-state index in [1.165, 1.54) is 19.0 Å². The second-order valence-electron chi connectivity index (χ2n) is 4.43. The standard InChI is InChI=1S/C11H19N3O3S/c15-10(8-17-11-6-13-18-14-11)5-12-3-4-16-7-9-1-2-9/h6,9-10,12,15H,1-5,7-8H2. The van der Waals surface area contributed by atoms with Crippen LogP contribution in [-0.4, -0.2) is 52.9 Å². The molecule has 0 aromatic carbocycles. The second kappa shape index (κ2) is 7.63. The highest BCUT2D eigenvalue weighted by atomic mass is 32.1. The van der Waals surface area contributed by atoms with Crippen LogP contribution in [0.4, 0.5) is 0 Å². The first-order chi connectivity index (χ1) is 8.84. The molecule has 0 radical (unpaired) electrons. The van der Waals surface area contributed by atoms with Gasteiger partial charge in [0, 0.05) is 19.7 Å². The second-order valence-corrected chi connectivity index (χ2v) is 4.99. The molecule has 6 nitrogen and oxygen atoms in total. The maximum absolute atomic E-state index is 9.63. The molecule has 102 valence electrons. The summed E-state index contributed by atoms with van der Waals surface area (Å²) in [4.78, 5) is 0. The SMILES string of the molecule is OC(CNCCOCC1CC1)COc1cnsn1. The molecule has 1 aliphatic carbocycles. The molecule has 1 unspecified atom stereocenters. The van der Waals surface area contributed by atoms with E-state index in [0.717, 1.165) is 30.8 Å². The van der Waals surface area contributed by atoms with Crippen molar-refractivity contribution in [3.63, 3.8) is 0 Å².